The molecule has 0 bridgehead atoms. The number of carbonyl (C=O) groups excluding carboxylic acids is 2. The number of carbonyl (C=O) groups is 2. The summed E-state index contributed by atoms with van der Waals surface area (Å²) in [6.07, 6.45) is 4.17. The third-order valence-corrected chi connectivity index (χ3v) is 4.71. The summed E-state index contributed by atoms with van der Waals surface area (Å²) in [6.45, 7) is 0.355. The van der Waals surface area contributed by atoms with E-state index in [0.29, 0.717) is 35.7 Å². The first kappa shape index (κ1) is 21.8. The van der Waals surface area contributed by atoms with Gasteiger partial charge in [-0.25, -0.2) is 0 Å². The molecule has 3 aromatic rings. The Bertz CT molecular complexity index is 1040. The molecule has 0 unspecified atom stereocenters. The number of hydrogen-bond donors (Lipinski definition) is 2. The average molecular weight is 419 g/mol. The molecule has 0 aliphatic rings. The first-order valence-electron chi connectivity index (χ1n) is 9.87. The molecule has 3 rings (SSSR count). The van der Waals surface area contributed by atoms with Gasteiger partial charge in [-0.2, -0.15) is 0 Å². The second-order valence-corrected chi connectivity index (χ2v) is 6.83. The van der Waals surface area contributed by atoms with E-state index in [4.69, 9.17) is 9.47 Å². The van der Waals surface area contributed by atoms with Crippen molar-refractivity contribution in [1.29, 1.82) is 0 Å². The number of aromatic nitrogens is 1. The zero-order valence-electron chi connectivity index (χ0n) is 17.6. The number of aryl methyl sites for hydroxylation is 1. The fraction of sp³-hybridized carbons (Fsp3) is 0.208. The van der Waals surface area contributed by atoms with E-state index in [0.717, 1.165) is 11.1 Å². The van der Waals surface area contributed by atoms with Crippen LogP contribution in [0.2, 0.25) is 0 Å². The van der Waals surface area contributed by atoms with Crippen LogP contribution in [0.1, 0.15) is 27.9 Å². The van der Waals surface area contributed by atoms with Crippen LogP contribution in [0.25, 0.3) is 0 Å². The van der Waals surface area contributed by atoms with E-state index >= 15 is 0 Å². The van der Waals surface area contributed by atoms with Crippen molar-refractivity contribution in [2.45, 2.75) is 19.4 Å². The summed E-state index contributed by atoms with van der Waals surface area (Å²) >= 11 is 0. The van der Waals surface area contributed by atoms with Gasteiger partial charge in [0.1, 0.15) is 0 Å². The number of rotatable bonds is 9. The number of para-hydroxylation sites is 1. The van der Waals surface area contributed by atoms with E-state index in [9.17, 15) is 9.59 Å². The number of ether oxygens (including phenoxy) is 2. The standard InChI is InChI=1S/C24H25N3O4/c1-30-21-11-9-17(14-22(21)31-2)10-12-23(28)27-20-8-4-3-7-19(20)24(29)26-16-18-6-5-13-25-15-18/h3-9,11,13-15H,10,12,16H2,1-2H3,(H,26,29)(H,27,28). The van der Waals surface area contributed by atoms with Gasteiger partial charge >= 0.3 is 0 Å². The lowest BCUT2D eigenvalue weighted by molar-refractivity contribution is -0.116. The smallest absolute Gasteiger partial charge is 0.253 e. The molecule has 2 amide bonds. The maximum Gasteiger partial charge on any atom is 0.253 e. The molecule has 0 saturated heterocycles. The second-order valence-electron chi connectivity index (χ2n) is 6.83. The van der Waals surface area contributed by atoms with E-state index in [1.807, 2.05) is 30.3 Å². The van der Waals surface area contributed by atoms with Gasteiger partial charge in [0, 0.05) is 25.4 Å². The molecule has 2 aromatic carbocycles. The van der Waals surface area contributed by atoms with Crippen LogP contribution >= 0.6 is 0 Å². The van der Waals surface area contributed by atoms with Crippen molar-refractivity contribution >= 4 is 17.5 Å². The van der Waals surface area contributed by atoms with Crippen LogP contribution in [-0.4, -0.2) is 31.0 Å². The normalized spacial score (nSPS) is 10.3. The summed E-state index contributed by atoms with van der Waals surface area (Å²) in [5.74, 6) is 0.819. The summed E-state index contributed by atoms with van der Waals surface area (Å²) in [4.78, 5) is 29.2. The molecule has 1 heterocycles. The first-order chi connectivity index (χ1) is 15.1. The van der Waals surface area contributed by atoms with E-state index in [-0.39, 0.29) is 18.2 Å². The van der Waals surface area contributed by atoms with Gasteiger partial charge in [-0.05, 0) is 47.9 Å². The maximum atomic E-state index is 12.6. The van der Waals surface area contributed by atoms with Gasteiger partial charge in [0.05, 0.1) is 25.5 Å². The average Bonchev–Trinajstić information content (AvgIpc) is 2.82. The van der Waals surface area contributed by atoms with Crippen LogP contribution in [0.3, 0.4) is 0 Å². The number of pyridine rings is 1. The van der Waals surface area contributed by atoms with Crippen molar-refractivity contribution in [2.75, 3.05) is 19.5 Å². The summed E-state index contributed by atoms with van der Waals surface area (Å²) in [6, 6.07) is 16.2. The lowest BCUT2D eigenvalue weighted by Crippen LogP contribution is -2.25. The molecular formula is C24H25N3O4. The highest BCUT2D eigenvalue weighted by Gasteiger charge is 2.13. The van der Waals surface area contributed by atoms with Crippen molar-refractivity contribution in [3.05, 3.63) is 83.7 Å². The van der Waals surface area contributed by atoms with Gasteiger partial charge in [0.15, 0.2) is 11.5 Å². The number of nitrogens with one attached hydrogen (secondary N) is 2. The number of amides is 2. The number of hydrogen-bond acceptors (Lipinski definition) is 5. The third-order valence-electron chi connectivity index (χ3n) is 4.71. The quantitative estimate of drug-likeness (QED) is 0.553. The molecule has 0 aliphatic carbocycles. The topological polar surface area (TPSA) is 89.5 Å². The Hall–Kier alpha value is -3.87. The molecule has 2 N–H and O–H groups in total. The third kappa shape index (κ3) is 6.05. The molecule has 0 fully saturated rings. The zero-order chi connectivity index (χ0) is 22.1. The fourth-order valence-corrected chi connectivity index (χ4v) is 3.08. The van der Waals surface area contributed by atoms with Gasteiger partial charge in [0.2, 0.25) is 5.91 Å². The van der Waals surface area contributed by atoms with Crippen LogP contribution in [0.5, 0.6) is 11.5 Å². The Morgan fingerprint density at radius 1 is 0.935 bits per heavy atom. The van der Waals surface area contributed by atoms with E-state index in [1.165, 1.54) is 0 Å². The number of nitrogens with zero attached hydrogens (tertiary/aromatic N) is 1. The Morgan fingerprint density at radius 2 is 1.74 bits per heavy atom. The largest absolute Gasteiger partial charge is 0.493 e. The van der Waals surface area contributed by atoms with Gasteiger partial charge in [-0.15, -0.1) is 0 Å². The van der Waals surface area contributed by atoms with Crippen molar-refractivity contribution in [1.82, 2.24) is 10.3 Å². The number of anilines is 1. The van der Waals surface area contributed by atoms with Crippen LogP contribution < -0.4 is 20.1 Å². The van der Waals surface area contributed by atoms with Crippen LogP contribution in [0, 0.1) is 0 Å². The highest BCUT2D eigenvalue weighted by molar-refractivity contribution is 6.03. The highest BCUT2D eigenvalue weighted by Crippen LogP contribution is 2.28. The second kappa shape index (κ2) is 10.8. The summed E-state index contributed by atoms with van der Waals surface area (Å²) < 4.78 is 10.5. The van der Waals surface area contributed by atoms with Gasteiger partial charge in [-0.1, -0.05) is 24.3 Å². The first-order valence-corrected chi connectivity index (χ1v) is 9.87. The summed E-state index contributed by atoms with van der Waals surface area (Å²) in [5.41, 5.74) is 2.73. The predicted octanol–water partition coefficient (Wildman–Crippen LogP) is 3.60. The molecule has 1 aromatic heterocycles. The highest BCUT2D eigenvalue weighted by atomic mass is 16.5. The molecule has 0 radical (unpaired) electrons. The predicted molar refractivity (Wildman–Crippen MR) is 118 cm³/mol. The minimum Gasteiger partial charge on any atom is -0.493 e. The van der Waals surface area contributed by atoms with Crippen LogP contribution in [0.4, 0.5) is 5.69 Å². The lowest BCUT2D eigenvalue weighted by atomic mass is 10.1. The molecule has 0 atom stereocenters. The Labute approximate surface area is 181 Å². The van der Waals surface area contributed by atoms with Crippen molar-refractivity contribution < 1.29 is 19.1 Å². The number of methoxy groups -OCH3 is 2. The minimum absolute atomic E-state index is 0.178. The van der Waals surface area contributed by atoms with Crippen LogP contribution in [-0.2, 0) is 17.8 Å². The Kier molecular flexibility index (Phi) is 7.59. The molecule has 0 saturated carbocycles. The van der Waals surface area contributed by atoms with Crippen molar-refractivity contribution in [3.8, 4) is 11.5 Å². The maximum absolute atomic E-state index is 12.6. The van der Waals surface area contributed by atoms with Gasteiger partial charge in [-0.3, -0.25) is 14.6 Å². The molecule has 7 nitrogen and oxygen atoms in total. The monoisotopic (exact) mass is 419 g/mol. The van der Waals surface area contributed by atoms with Gasteiger partial charge < -0.3 is 20.1 Å². The van der Waals surface area contributed by atoms with E-state index in [2.05, 4.69) is 15.6 Å². The van der Waals surface area contributed by atoms with E-state index in [1.54, 1.807) is 50.9 Å². The van der Waals surface area contributed by atoms with Crippen molar-refractivity contribution in [2.24, 2.45) is 0 Å². The molecular weight excluding hydrogens is 394 g/mol. The Balaban J connectivity index is 1.59. The lowest BCUT2D eigenvalue weighted by Gasteiger charge is -2.12. The molecule has 31 heavy (non-hydrogen) atoms. The molecule has 160 valence electrons. The molecule has 0 spiro atoms. The Morgan fingerprint density at radius 3 is 2.48 bits per heavy atom. The SMILES string of the molecule is COc1ccc(CCC(=O)Nc2ccccc2C(=O)NCc2cccnc2)cc1OC. The van der Waals surface area contributed by atoms with Crippen molar-refractivity contribution in [3.63, 3.8) is 0 Å². The summed E-state index contributed by atoms with van der Waals surface area (Å²) in [5, 5.41) is 5.70. The number of benzene rings is 2. The van der Waals surface area contributed by atoms with Gasteiger partial charge in [0.25, 0.3) is 5.91 Å². The van der Waals surface area contributed by atoms with E-state index < -0.39 is 0 Å². The molecule has 7 heteroatoms. The fourth-order valence-electron chi connectivity index (χ4n) is 3.08. The molecule has 0 aliphatic heterocycles. The minimum atomic E-state index is -0.264. The van der Waals surface area contributed by atoms with Crippen LogP contribution in [0.15, 0.2) is 67.0 Å². The zero-order valence-corrected chi connectivity index (χ0v) is 17.6. The summed E-state index contributed by atoms with van der Waals surface area (Å²) in [7, 11) is 3.15.